The third kappa shape index (κ3) is 3.16. The summed E-state index contributed by atoms with van der Waals surface area (Å²) in [4.78, 5) is 4.55. The molecule has 0 aliphatic carbocycles. The number of aliphatic imine (C=N–C) groups is 1. The second-order valence-electron chi connectivity index (χ2n) is 4.95. The zero-order valence-electron chi connectivity index (χ0n) is 12.0. The first-order valence-corrected chi connectivity index (χ1v) is 8.05. The number of hydrogen-bond acceptors (Lipinski definition) is 1. The lowest BCUT2D eigenvalue weighted by atomic mass is 10.2. The van der Waals surface area contributed by atoms with E-state index < -0.39 is 0 Å². The normalized spacial score (nSPS) is 11.2. The minimum atomic E-state index is 0.764. The predicted octanol–water partition coefficient (Wildman–Crippen LogP) is 5.95. The Bertz CT molecular complexity index is 837. The van der Waals surface area contributed by atoms with E-state index in [1.807, 2.05) is 67.9 Å². The minimum Gasteiger partial charge on any atom is -0.316 e. The molecule has 0 aliphatic heterocycles. The maximum Gasteiger partial charge on any atom is 0.0772 e. The van der Waals surface area contributed by atoms with Gasteiger partial charge in [0.2, 0.25) is 0 Å². The number of benzene rings is 2. The maximum atomic E-state index is 6.22. The molecule has 1 aromatic heterocycles. The van der Waals surface area contributed by atoms with Crippen LogP contribution >= 0.6 is 27.5 Å². The topological polar surface area (TPSA) is 17.3 Å². The van der Waals surface area contributed by atoms with Crippen molar-refractivity contribution < 1.29 is 0 Å². The summed E-state index contributed by atoms with van der Waals surface area (Å²) in [6.45, 7) is 2.00. The third-order valence-electron chi connectivity index (χ3n) is 3.40. The zero-order chi connectivity index (χ0) is 15.5. The number of aryl methyl sites for hydroxylation is 1. The molecule has 0 N–H and O–H groups in total. The quantitative estimate of drug-likeness (QED) is 0.505. The van der Waals surface area contributed by atoms with Gasteiger partial charge in [-0.15, -0.1) is 0 Å². The fourth-order valence-corrected chi connectivity index (χ4v) is 2.72. The van der Waals surface area contributed by atoms with Gasteiger partial charge in [0.25, 0.3) is 0 Å². The van der Waals surface area contributed by atoms with Crippen molar-refractivity contribution in [2.75, 3.05) is 0 Å². The van der Waals surface area contributed by atoms with E-state index in [4.69, 9.17) is 11.6 Å². The van der Waals surface area contributed by atoms with Gasteiger partial charge in [-0.1, -0.05) is 29.8 Å². The molecular weight excluding hydrogens is 360 g/mol. The molecule has 0 atom stereocenters. The van der Waals surface area contributed by atoms with Crippen LogP contribution in [0.3, 0.4) is 0 Å². The Hall–Kier alpha value is -1.84. The van der Waals surface area contributed by atoms with Crippen LogP contribution in [0.15, 0.2) is 70.3 Å². The summed E-state index contributed by atoms with van der Waals surface area (Å²) in [6, 6.07) is 17.9. The van der Waals surface area contributed by atoms with Gasteiger partial charge >= 0.3 is 0 Å². The Morgan fingerprint density at radius 3 is 2.68 bits per heavy atom. The summed E-state index contributed by atoms with van der Waals surface area (Å²) in [5, 5.41) is 0.764. The molecule has 0 fully saturated rings. The summed E-state index contributed by atoms with van der Waals surface area (Å²) in [6.07, 6.45) is 3.86. The van der Waals surface area contributed by atoms with Crippen molar-refractivity contribution in [2.24, 2.45) is 4.99 Å². The number of rotatable bonds is 3. The van der Waals surface area contributed by atoms with E-state index in [0.29, 0.717) is 0 Å². The highest BCUT2D eigenvalue weighted by molar-refractivity contribution is 9.10. The van der Waals surface area contributed by atoms with Gasteiger partial charge in [0.15, 0.2) is 0 Å². The van der Waals surface area contributed by atoms with Crippen LogP contribution in [0.4, 0.5) is 5.69 Å². The zero-order valence-corrected chi connectivity index (χ0v) is 14.3. The molecule has 0 aliphatic rings. The van der Waals surface area contributed by atoms with Crippen molar-refractivity contribution in [1.82, 2.24) is 4.57 Å². The lowest BCUT2D eigenvalue weighted by Crippen LogP contribution is -1.98. The monoisotopic (exact) mass is 372 g/mol. The number of nitrogens with zero attached hydrogens (tertiary/aromatic N) is 2. The van der Waals surface area contributed by atoms with E-state index >= 15 is 0 Å². The Balaban J connectivity index is 1.95. The van der Waals surface area contributed by atoms with Gasteiger partial charge < -0.3 is 4.57 Å². The standard InChI is InChI=1S/C18H14BrClN2/c1-13-8-9-14(11-17(13)20)22-10-4-5-15(22)12-21-18-7-3-2-6-16(18)19/h2-12H,1H3. The summed E-state index contributed by atoms with van der Waals surface area (Å²) in [5.41, 5.74) is 3.99. The Kier molecular flexibility index (Phi) is 4.46. The van der Waals surface area contributed by atoms with Gasteiger partial charge in [-0.25, -0.2) is 0 Å². The van der Waals surface area contributed by atoms with Gasteiger partial charge in [-0.05, 0) is 64.8 Å². The second kappa shape index (κ2) is 6.51. The van der Waals surface area contributed by atoms with E-state index in [-0.39, 0.29) is 0 Å². The molecule has 0 radical (unpaired) electrons. The van der Waals surface area contributed by atoms with Gasteiger partial charge in [0.05, 0.1) is 17.6 Å². The third-order valence-corrected chi connectivity index (χ3v) is 4.48. The summed E-state index contributed by atoms with van der Waals surface area (Å²) >= 11 is 9.73. The smallest absolute Gasteiger partial charge is 0.0772 e. The summed E-state index contributed by atoms with van der Waals surface area (Å²) < 4.78 is 3.04. The van der Waals surface area contributed by atoms with Crippen LogP contribution in [0.1, 0.15) is 11.3 Å². The first kappa shape index (κ1) is 15.1. The number of halogens is 2. The fourth-order valence-electron chi connectivity index (χ4n) is 2.16. The van der Waals surface area contributed by atoms with Crippen LogP contribution in [0.5, 0.6) is 0 Å². The molecule has 2 aromatic carbocycles. The van der Waals surface area contributed by atoms with Crippen LogP contribution in [0, 0.1) is 6.92 Å². The molecule has 22 heavy (non-hydrogen) atoms. The van der Waals surface area contributed by atoms with E-state index in [2.05, 4.69) is 31.6 Å². The molecule has 0 bridgehead atoms. The van der Waals surface area contributed by atoms with Crippen LogP contribution in [0.2, 0.25) is 5.02 Å². The molecule has 1 heterocycles. The largest absolute Gasteiger partial charge is 0.316 e. The minimum absolute atomic E-state index is 0.764. The highest BCUT2D eigenvalue weighted by Gasteiger charge is 2.04. The van der Waals surface area contributed by atoms with E-state index in [9.17, 15) is 0 Å². The fraction of sp³-hybridized carbons (Fsp3) is 0.0556. The molecule has 3 rings (SSSR count). The van der Waals surface area contributed by atoms with E-state index in [1.54, 1.807) is 0 Å². The lowest BCUT2D eigenvalue weighted by molar-refractivity contribution is 1.06. The predicted molar refractivity (Wildman–Crippen MR) is 96.9 cm³/mol. The first-order valence-electron chi connectivity index (χ1n) is 6.87. The SMILES string of the molecule is Cc1ccc(-n2cccc2C=Nc2ccccc2Br)cc1Cl. The van der Waals surface area contributed by atoms with Crippen LogP contribution in [0.25, 0.3) is 5.69 Å². The Morgan fingerprint density at radius 2 is 1.91 bits per heavy atom. The van der Waals surface area contributed by atoms with Crippen LogP contribution in [-0.4, -0.2) is 10.8 Å². The van der Waals surface area contributed by atoms with Crippen LogP contribution < -0.4 is 0 Å². The van der Waals surface area contributed by atoms with Crippen molar-refractivity contribution >= 4 is 39.4 Å². The van der Waals surface area contributed by atoms with Gasteiger partial charge in [0.1, 0.15) is 0 Å². The highest BCUT2D eigenvalue weighted by Crippen LogP contribution is 2.25. The molecule has 3 aromatic rings. The van der Waals surface area contributed by atoms with Gasteiger partial charge in [0, 0.05) is 21.4 Å². The molecular formula is C18H14BrClN2. The van der Waals surface area contributed by atoms with E-state index in [1.165, 1.54) is 0 Å². The second-order valence-corrected chi connectivity index (χ2v) is 6.21. The Morgan fingerprint density at radius 1 is 1.09 bits per heavy atom. The molecule has 4 heteroatoms. The molecule has 0 saturated heterocycles. The highest BCUT2D eigenvalue weighted by atomic mass is 79.9. The number of hydrogen-bond donors (Lipinski definition) is 0. The molecule has 0 spiro atoms. The lowest BCUT2D eigenvalue weighted by Gasteiger charge is -2.08. The van der Waals surface area contributed by atoms with Gasteiger partial charge in [-0.2, -0.15) is 0 Å². The van der Waals surface area contributed by atoms with Crippen molar-refractivity contribution in [3.63, 3.8) is 0 Å². The van der Waals surface area contributed by atoms with Crippen molar-refractivity contribution in [2.45, 2.75) is 6.92 Å². The number of para-hydroxylation sites is 1. The molecule has 0 amide bonds. The van der Waals surface area contributed by atoms with Crippen molar-refractivity contribution in [1.29, 1.82) is 0 Å². The maximum absolute atomic E-state index is 6.22. The molecule has 0 saturated carbocycles. The Labute approximate surface area is 143 Å². The average molecular weight is 374 g/mol. The van der Waals surface area contributed by atoms with Crippen molar-refractivity contribution in [3.05, 3.63) is 81.5 Å². The van der Waals surface area contributed by atoms with Crippen LogP contribution in [-0.2, 0) is 0 Å². The van der Waals surface area contributed by atoms with Gasteiger partial charge in [-0.3, -0.25) is 4.99 Å². The molecule has 2 nitrogen and oxygen atoms in total. The summed E-state index contributed by atoms with van der Waals surface area (Å²) in [7, 11) is 0. The van der Waals surface area contributed by atoms with E-state index in [0.717, 1.165) is 32.1 Å². The molecule has 0 unspecified atom stereocenters. The average Bonchev–Trinajstić information content (AvgIpc) is 2.98. The van der Waals surface area contributed by atoms with Crippen molar-refractivity contribution in [3.8, 4) is 5.69 Å². The first-order chi connectivity index (χ1) is 10.6. The molecule has 110 valence electrons. The number of aromatic nitrogens is 1. The summed E-state index contributed by atoms with van der Waals surface area (Å²) in [5.74, 6) is 0.